The van der Waals surface area contributed by atoms with Crippen LogP contribution in [0, 0.1) is 35.5 Å². The Morgan fingerprint density at radius 2 is 1.71 bits per heavy atom. The Morgan fingerprint density at radius 3 is 2.57 bits per heavy atom. The van der Waals surface area contributed by atoms with E-state index in [-0.39, 0.29) is 0 Å². The molecule has 21 heavy (non-hydrogen) atoms. The molecule has 0 saturated heterocycles. The highest BCUT2D eigenvalue weighted by atomic mass is 16.3. The van der Waals surface area contributed by atoms with Crippen molar-refractivity contribution in [1.29, 1.82) is 0 Å². The zero-order chi connectivity index (χ0) is 14.7. The molecule has 1 heteroatoms. The molecule has 3 fully saturated rings. The summed E-state index contributed by atoms with van der Waals surface area (Å²) in [7, 11) is 0. The van der Waals surface area contributed by atoms with Crippen molar-refractivity contribution in [3.8, 4) is 11.8 Å². The summed E-state index contributed by atoms with van der Waals surface area (Å²) >= 11 is 0. The molecule has 0 heterocycles. The van der Waals surface area contributed by atoms with Crippen LogP contribution >= 0.6 is 0 Å². The summed E-state index contributed by atoms with van der Waals surface area (Å²) in [5, 5.41) is 11.0. The van der Waals surface area contributed by atoms with E-state index in [1.54, 1.807) is 0 Å². The summed E-state index contributed by atoms with van der Waals surface area (Å²) < 4.78 is 0. The highest BCUT2D eigenvalue weighted by Crippen LogP contribution is 2.58. The first-order valence-electron chi connectivity index (χ1n) is 9.43. The molecule has 5 atom stereocenters. The van der Waals surface area contributed by atoms with Gasteiger partial charge in [0.25, 0.3) is 0 Å². The van der Waals surface area contributed by atoms with Crippen molar-refractivity contribution < 1.29 is 5.11 Å². The van der Waals surface area contributed by atoms with E-state index >= 15 is 0 Å². The van der Waals surface area contributed by atoms with Crippen molar-refractivity contribution in [2.75, 3.05) is 0 Å². The Hall–Kier alpha value is -0.480. The standard InChI is InChI=1S/C20H32O/c1-2-3-4-5-6-7-8-9-10-20(21)15-17-11-16-12-18(13-17)19(20)14-16/h16-19,21H,2-8,11-15H2,1H3/t16-,17+,18-,19?,20?/m0/s1. The lowest BCUT2D eigenvalue weighted by Crippen LogP contribution is -2.44. The first kappa shape index (κ1) is 15.4. The Morgan fingerprint density at radius 1 is 0.952 bits per heavy atom. The first-order valence-corrected chi connectivity index (χ1v) is 9.43. The Bertz CT molecular complexity index is 402. The minimum atomic E-state index is -0.624. The van der Waals surface area contributed by atoms with Crippen molar-refractivity contribution in [1.82, 2.24) is 0 Å². The van der Waals surface area contributed by atoms with E-state index in [4.69, 9.17) is 0 Å². The topological polar surface area (TPSA) is 20.2 Å². The van der Waals surface area contributed by atoms with Crippen LogP contribution in [-0.2, 0) is 0 Å². The minimum absolute atomic E-state index is 0.498. The summed E-state index contributed by atoms with van der Waals surface area (Å²) in [6, 6.07) is 0. The smallest absolute Gasteiger partial charge is 0.128 e. The molecule has 0 amide bonds. The predicted molar refractivity (Wildman–Crippen MR) is 87.8 cm³/mol. The van der Waals surface area contributed by atoms with Gasteiger partial charge in [-0.25, -0.2) is 0 Å². The average molecular weight is 288 g/mol. The summed E-state index contributed by atoms with van der Waals surface area (Å²) in [5.41, 5.74) is -0.624. The lowest BCUT2D eigenvalue weighted by molar-refractivity contribution is -0.0352. The third-order valence-corrected chi connectivity index (χ3v) is 6.27. The number of unbranched alkanes of at least 4 members (excludes halogenated alkanes) is 6. The highest BCUT2D eigenvalue weighted by molar-refractivity contribution is 5.21. The van der Waals surface area contributed by atoms with E-state index in [1.807, 2.05) is 0 Å². The predicted octanol–water partition coefficient (Wildman–Crippen LogP) is 4.93. The highest BCUT2D eigenvalue weighted by Gasteiger charge is 2.55. The van der Waals surface area contributed by atoms with Gasteiger partial charge in [0.15, 0.2) is 0 Å². The van der Waals surface area contributed by atoms with Gasteiger partial charge in [-0.05, 0) is 56.3 Å². The van der Waals surface area contributed by atoms with Crippen LogP contribution in [0.2, 0.25) is 0 Å². The molecule has 3 saturated carbocycles. The van der Waals surface area contributed by atoms with Crippen molar-refractivity contribution in [2.24, 2.45) is 23.7 Å². The average Bonchev–Trinajstić information content (AvgIpc) is 2.71. The van der Waals surface area contributed by atoms with Crippen LogP contribution < -0.4 is 0 Å². The van der Waals surface area contributed by atoms with Crippen LogP contribution in [0.25, 0.3) is 0 Å². The number of hydrogen-bond donors (Lipinski definition) is 1. The second-order valence-corrected chi connectivity index (χ2v) is 7.99. The Balaban J connectivity index is 1.45. The van der Waals surface area contributed by atoms with Crippen LogP contribution in [0.15, 0.2) is 0 Å². The number of fused-ring (bicyclic) bond motifs is 2. The second kappa shape index (κ2) is 6.74. The quantitative estimate of drug-likeness (QED) is 0.543. The molecule has 3 bridgehead atoms. The normalized spacial score (nSPS) is 40.1. The summed E-state index contributed by atoms with van der Waals surface area (Å²) in [5.74, 6) is 9.63. The molecule has 1 nitrogen and oxygen atoms in total. The van der Waals surface area contributed by atoms with Gasteiger partial charge in [0.05, 0.1) is 0 Å². The molecular formula is C20H32O. The molecular weight excluding hydrogens is 256 g/mol. The van der Waals surface area contributed by atoms with E-state index in [9.17, 15) is 5.11 Å². The van der Waals surface area contributed by atoms with Crippen LogP contribution in [0.1, 0.15) is 84.0 Å². The molecule has 0 spiro atoms. The van der Waals surface area contributed by atoms with Crippen molar-refractivity contribution in [2.45, 2.75) is 89.6 Å². The molecule has 118 valence electrons. The minimum Gasteiger partial charge on any atom is -0.377 e. The summed E-state index contributed by atoms with van der Waals surface area (Å²) in [4.78, 5) is 0. The fourth-order valence-corrected chi connectivity index (χ4v) is 5.38. The molecule has 0 aliphatic heterocycles. The lowest BCUT2D eigenvalue weighted by atomic mass is 9.65. The second-order valence-electron chi connectivity index (χ2n) is 7.99. The van der Waals surface area contributed by atoms with Gasteiger partial charge in [-0.3, -0.25) is 0 Å². The third-order valence-electron chi connectivity index (χ3n) is 6.27. The molecule has 2 unspecified atom stereocenters. The SMILES string of the molecule is CCCCCCCCC#CC1(O)C[C@@H]2C[C@@H]3CC1[C@H](C2)C3. The molecule has 0 aromatic carbocycles. The van der Waals surface area contributed by atoms with E-state index in [0.717, 1.165) is 30.6 Å². The molecule has 0 aromatic heterocycles. The van der Waals surface area contributed by atoms with Gasteiger partial charge >= 0.3 is 0 Å². The van der Waals surface area contributed by atoms with E-state index in [1.165, 1.54) is 64.2 Å². The number of rotatable bonds is 6. The van der Waals surface area contributed by atoms with Crippen molar-refractivity contribution in [3.05, 3.63) is 0 Å². The first-order chi connectivity index (χ1) is 10.2. The summed E-state index contributed by atoms with van der Waals surface area (Å²) in [6.07, 6.45) is 15.3. The molecule has 3 rings (SSSR count). The van der Waals surface area contributed by atoms with Crippen molar-refractivity contribution in [3.63, 3.8) is 0 Å². The molecule has 3 aliphatic carbocycles. The van der Waals surface area contributed by atoms with Gasteiger partial charge in [0.2, 0.25) is 0 Å². The Labute approximate surface area is 130 Å². The van der Waals surface area contributed by atoms with Gasteiger partial charge < -0.3 is 5.11 Å². The zero-order valence-electron chi connectivity index (χ0n) is 13.7. The molecule has 0 radical (unpaired) electrons. The molecule has 1 N–H and O–H groups in total. The van der Waals surface area contributed by atoms with Gasteiger partial charge in [0.1, 0.15) is 5.60 Å². The Kier molecular flexibility index (Phi) is 4.95. The molecule has 0 aromatic rings. The van der Waals surface area contributed by atoms with Gasteiger partial charge in [0, 0.05) is 12.3 Å². The van der Waals surface area contributed by atoms with Gasteiger partial charge in [-0.1, -0.05) is 44.9 Å². The van der Waals surface area contributed by atoms with Crippen LogP contribution in [0.4, 0.5) is 0 Å². The summed E-state index contributed by atoms with van der Waals surface area (Å²) in [6.45, 7) is 2.26. The van der Waals surface area contributed by atoms with Crippen LogP contribution in [-0.4, -0.2) is 10.7 Å². The maximum atomic E-state index is 11.0. The number of hydrogen-bond acceptors (Lipinski definition) is 1. The maximum absolute atomic E-state index is 11.0. The van der Waals surface area contributed by atoms with Gasteiger partial charge in [-0.15, -0.1) is 5.92 Å². The van der Waals surface area contributed by atoms with Gasteiger partial charge in [-0.2, -0.15) is 0 Å². The van der Waals surface area contributed by atoms with Crippen LogP contribution in [0.5, 0.6) is 0 Å². The lowest BCUT2D eigenvalue weighted by Gasteiger charge is -2.42. The fraction of sp³-hybridized carbons (Fsp3) is 0.900. The van der Waals surface area contributed by atoms with E-state index in [0.29, 0.717) is 5.92 Å². The third kappa shape index (κ3) is 3.48. The zero-order valence-corrected chi connectivity index (χ0v) is 13.7. The fourth-order valence-electron chi connectivity index (χ4n) is 5.38. The largest absolute Gasteiger partial charge is 0.377 e. The van der Waals surface area contributed by atoms with Crippen molar-refractivity contribution >= 4 is 0 Å². The van der Waals surface area contributed by atoms with Crippen LogP contribution in [0.3, 0.4) is 0 Å². The maximum Gasteiger partial charge on any atom is 0.128 e. The monoisotopic (exact) mass is 288 g/mol. The number of aliphatic hydroxyl groups is 1. The van der Waals surface area contributed by atoms with E-state index < -0.39 is 5.60 Å². The molecule has 3 aliphatic rings. The van der Waals surface area contributed by atoms with E-state index in [2.05, 4.69) is 18.8 Å².